The Balaban J connectivity index is 1.72. The van der Waals surface area contributed by atoms with Crippen LogP contribution >= 0.6 is 11.3 Å². The Morgan fingerprint density at radius 2 is 2.19 bits per heavy atom. The topological polar surface area (TPSA) is 59.1 Å². The van der Waals surface area contributed by atoms with Gasteiger partial charge in [-0.05, 0) is 43.5 Å². The third-order valence-corrected chi connectivity index (χ3v) is 5.98. The van der Waals surface area contributed by atoms with Gasteiger partial charge in [0.05, 0.1) is 22.1 Å². The van der Waals surface area contributed by atoms with E-state index >= 15 is 0 Å². The molecule has 0 atom stereocenters. The van der Waals surface area contributed by atoms with E-state index in [1.807, 2.05) is 5.38 Å². The van der Waals surface area contributed by atoms with Gasteiger partial charge in [-0.15, -0.1) is 11.3 Å². The van der Waals surface area contributed by atoms with Crippen molar-refractivity contribution in [2.75, 3.05) is 0 Å². The number of aromatic nitrogens is 1. The van der Waals surface area contributed by atoms with Gasteiger partial charge in [0.25, 0.3) is 0 Å². The highest BCUT2D eigenvalue weighted by Gasteiger charge is 2.26. The molecule has 21 heavy (non-hydrogen) atoms. The van der Waals surface area contributed by atoms with Gasteiger partial charge in [0, 0.05) is 11.3 Å². The van der Waals surface area contributed by atoms with Crippen LogP contribution in [0.3, 0.4) is 0 Å². The van der Waals surface area contributed by atoms with Gasteiger partial charge in [-0.25, -0.2) is 22.5 Å². The fourth-order valence-corrected chi connectivity index (χ4v) is 4.30. The first kappa shape index (κ1) is 14.6. The number of halogens is 1. The average Bonchev–Trinajstić information content (AvgIpc) is 3.15. The minimum Gasteiger partial charge on any atom is -0.245 e. The predicted molar refractivity (Wildman–Crippen MR) is 79.3 cm³/mol. The third kappa shape index (κ3) is 3.30. The van der Waals surface area contributed by atoms with Crippen LogP contribution in [0.4, 0.5) is 4.39 Å². The summed E-state index contributed by atoms with van der Waals surface area (Å²) in [5, 5.41) is 2.97. The van der Waals surface area contributed by atoms with E-state index in [4.69, 9.17) is 0 Å². The van der Waals surface area contributed by atoms with Crippen LogP contribution in [-0.4, -0.2) is 13.4 Å². The van der Waals surface area contributed by atoms with E-state index in [1.165, 1.54) is 25.0 Å². The molecule has 0 amide bonds. The molecule has 0 saturated heterocycles. The largest absolute Gasteiger partial charge is 0.245 e. The summed E-state index contributed by atoms with van der Waals surface area (Å²) in [5.74, 6) is 0.125. The molecular weight excluding hydrogens is 311 g/mol. The first-order chi connectivity index (χ1) is 9.95. The number of nitrogens with one attached hydrogen (secondary N) is 1. The fourth-order valence-electron chi connectivity index (χ4n) is 2.08. The first-order valence-electron chi connectivity index (χ1n) is 6.66. The van der Waals surface area contributed by atoms with Crippen molar-refractivity contribution in [1.29, 1.82) is 0 Å². The second-order valence-corrected chi connectivity index (χ2v) is 7.81. The lowest BCUT2D eigenvalue weighted by Gasteiger charge is -2.08. The van der Waals surface area contributed by atoms with Crippen LogP contribution in [0.5, 0.6) is 0 Å². The molecule has 1 N–H and O–H groups in total. The molecule has 0 aliphatic heterocycles. The molecule has 0 unspecified atom stereocenters. The number of thiazole rings is 1. The number of hydrogen-bond acceptors (Lipinski definition) is 4. The fraction of sp³-hybridized carbons (Fsp3) is 0.357. The third-order valence-electron chi connectivity index (χ3n) is 3.37. The van der Waals surface area contributed by atoms with Crippen molar-refractivity contribution in [2.24, 2.45) is 0 Å². The minimum absolute atomic E-state index is 0.0987. The highest BCUT2D eigenvalue weighted by Crippen LogP contribution is 2.41. The molecule has 1 heterocycles. The molecule has 1 fully saturated rings. The molecule has 3 rings (SSSR count). The summed E-state index contributed by atoms with van der Waals surface area (Å²) in [6.07, 6.45) is 2.35. The van der Waals surface area contributed by atoms with Crippen LogP contribution in [0, 0.1) is 12.7 Å². The van der Waals surface area contributed by atoms with Gasteiger partial charge in [0.2, 0.25) is 10.0 Å². The van der Waals surface area contributed by atoms with Crippen molar-refractivity contribution in [3.63, 3.8) is 0 Å². The summed E-state index contributed by atoms with van der Waals surface area (Å²) in [6.45, 7) is 1.73. The second kappa shape index (κ2) is 5.47. The zero-order chi connectivity index (χ0) is 15.0. The zero-order valence-electron chi connectivity index (χ0n) is 11.5. The molecule has 1 aliphatic rings. The number of aryl methyl sites for hydroxylation is 1. The van der Waals surface area contributed by atoms with E-state index in [-0.39, 0.29) is 11.4 Å². The molecule has 1 aliphatic carbocycles. The van der Waals surface area contributed by atoms with Crippen molar-refractivity contribution in [2.45, 2.75) is 37.1 Å². The first-order valence-corrected chi connectivity index (χ1v) is 9.02. The summed E-state index contributed by atoms with van der Waals surface area (Å²) in [7, 11) is -3.65. The lowest BCUT2D eigenvalue weighted by Crippen LogP contribution is -2.24. The quantitative estimate of drug-likeness (QED) is 0.919. The number of rotatable bonds is 5. The summed E-state index contributed by atoms with van der Waals surface area (Å²) in [5.41, 5.74) is 1.12. The van der Waals surface area contributed by atoms with E-state index in [0.29, 0.717) is 11.5 Å². The maximum absolute atomic E-state index is 13.0. The van der Waals surface area contributed by atoms with Crippen molar-refractivity contribution in [3.8, 4) is 0 Å². The summed E-state index contributed by atoms with van der Waals surface area (Å²) < 4.78 is 40.0. The van der Waals surface area contributed by atoms with E-state index in [1.54, 1.807) is 18.3 Å². The molecule has 1 aromatic carbocycles. The maximum atomic E-state index is 13.0. The Bertz CT molecular complexity index is 767. The van der Waals surface area contributed by atoms with Crippen LogP contribution in [0.15, 0.2) is 28.5 Å². The summed E-state index contributed by atoms with van der Waals surface area (Å²) in [4.78, 5) is 4.54. The maximum Gasteiger partial charge on any atom is 0.241 e. The smallest absolute Gasteiger partial charge is 0.241 e. The van der Waals surface area contributed by atoms with Crippen LogP contribution in [0.1, 0.15) is 35.0 Å². The van der Waals surface area contributed by atoms with Crippen LogP contribution in [0.2, 0.25) is 0 Å². The molecule has 112 valence electrons. The Kier molecular flexibility index (Phi) is 3.81. The van der Waals surface area contributed by atoms with Crippen LogP contribution in [0.25, 0.3) is 0 Å². The molecule has 0 radical (unpaired) electrons. The monoisotopic (exact) mass is 326 g/mol. The number of nitrogens with zero attached hydrogens (tertiary/aromatic N) is 1. The Morgan fingerprint density at radius 3 is 2.86 bits per heavy atom. The Labute approximate surface area is 127 Å². The van der Waals surface area contributed by atoms with Crippen molar-refractivity contribution in [3.05, 3.63) is 45.7 Å². The van der Waals surface area contributed by atoms with Crippen molar-refractivity contribution < 1.29 is 12.8 Å². The van der Waals surface area contributed by atoms with Gasteiger partial charge in [-0.3, -0.25) is 0 Å². The van der Waals surface area contributed by atoms with Crippen molar-refractivity contribution in [1.82, 2.24) is 9.71 Å². The molecular formula is C14H15FN2O2S2. The van der Waals surface area contributed by atoms with Gasteiger partial charge in [-0.1, -0.05) is 0 Å². The molecule has 4 nitrogen and oxygen atoms in total. The van der Waals surface area contributed by atoms with Gasteiger partial charge in [-0.2, -0.15) is 0 Å². The number of sulfonamides is 1. The highest BCUT2D eigenvalue weighted by molar-refractivity contribution is 7.89. The Morgan fingerprint density at radius 1 is 1.43 bits per heavy atom. The molecule has 0 bridgehead atoms. The van der Waals surface area contributed by atoms with Gasteiger partial charge in [0.1, 0.15) is 5.82 Å². The van der Waals surface area contributed by atoms with E-state index in [0.717, 1.165) is 16.8 Å². The molecule has 7 heteroatoms. The summed E-state index contributed by atoms with van der Waals surface area (Å²) >= 11 is 1.58. The normalized spacial score (nSPS) is 15.3. The second-order valence-electron chi connectivity index (χ2n) is 5.19. The number of hydrogen-bond donors (Lipinski definition) is 1. The van der Waals surface area contributed by atoms with Crippen molar-refractivity contribution >= 4 is 21.4 Å². The lowest BCUT2D eigenvalue weighted by molar-refractivity contribution is 0.578. The predicted octanol–water partition coefficient (Wildman–Crippen LogP) is 2.95. The average molecular weight is 326 g/mol. The zero-order valence-corrected chi connectivity index (χ0v) is 13.1. The SMILES string of the molecule is Cc1cc(F)ccc1S(=O)(=O)NCc1csc(C2CC2)n1. The molecule has 2 aromatic rings. The standard InChI is InChI=1S/C14H15FN2O2S2/c1-9-6-11(15)4-5-13(9)21(18,19)16-7-12-8-20-14(17-12)10-2-3-10/h4-6,8,10,16H,2-3,7H2,1H3. The molecule has 0 spiro atoms. The van der Waals surface area contributed by atoms with Crippen LogP contribution < -0.4 is 4.72 Å². The van der Waals surface area contributed by atoms with E-state index in [2.05, 4.69) is 9.71 Å². The molecule has 1 aromatic heterocycles. The minimum atomic E-state index is -3.65. The Hall–Kier alpha value is -1.31. The van der Waals surface area contributed by atoms with E-state index in [9.17, 15) is 12.8 Å². The van der Waals surface area contributed by atoms with Gasteiger partial charge < -0.3 is 0 Å². The number of benzene rings is 1. The van der Waals surface area contributed by atoms with Crippen LogP contribution in [-0.2, 0) is 16.6 Å². The highest BCUT2D eigenvalue weighted by atomic mass is 32.2. The lowest BCUT2D eigenvalue weighted by atomic mass is 10.2. The van der Waals surface area contributed by atoms with Gasteiger partial charge >= 0.3 is 0 Å². The molecule has 1 saturated carbocycles. The van der Waals surface area contributed by atoms with E-state index < -0.39 is 15.8 Å². The van der Waals surface area contributed by atoms with Gasteiger partial charge in [0.15, 0.2) is 0 Å². The summed E-state index contributed by atoms with van der Waals surface area (Å²) in [6, 6.07) is 3.64.